The summed E-state index contributed by atoms with van der Waals surface area (Å²) >= 11 is 0. The molecule has 1 rings (SSSR count). The molecule has 0 aliphatic rings. The first-order chi connectivity index (χ1) is 7.98. The van der Waals surface area contributed by atoms with Crippen LogP contribution in [0.2, 0.25) is 0 Å². The van der Waals surface area contributed by atoms with E-state index in [1.165, 1.54) is 7.05 Å². The molecule has 0 saturated carbocycles. The second-order valence-electron chi connectivity index (χ2n) is 3.40. The predicted octanol–water partition coefficient (Wildman–Crippen LogP) is 0.238. The van der Waals surface area contributed by atoms with Crippen LogP contribution in [0.1, 0.15) is 0 Å². The van der Waals surface area contributed by atoms with E-state index in [1.807, 2.05) is 0 Å². The summed E-state index contributed by atoms with van der Waals surface area (Å²) in [5, 5.41) is 2.95. The molecule has 1 aromatic rings. The fourth-order valence-corrected chi connectivity index (χ4v) is 1.83. The maximum absolute atomic E-state index is 11.2. The Labute approximate surface area is 101 Å². The Hall–Kier alpha value is -1.47. The van der Waals surface area contributed by atoms with Gasteiger partial charge in [-0.1, -0.05) is 0 Å². The van der Waals surface area contributed by atoms with Crippen LogP contribution in [0.4, 0.5) is 11.4 Å². The molecular weight excluding hydrogens is 242 g/mol. The number of rotatable bonds is 6. The minimum atomic E-state index is -3.19. The standard InChI is InChI=1S/C10H17N3O3S/c1-12-17(14,15)6-5-13-10-4-3-8(16-2)7-9(10)11/h3-4,7,12-13H,5-6,11H2,1-2H3. The van der Waals surface area contributed by atoms with Gasteiger partial charge in [0.15, 0.2) is 0 Å². The number of anilines is 2. The van der Waals surface area contributed by atoms with Crippen molar-refractivity contribution in [1.82, 2.24) is 4.72 Å². The van der Waals surface area contributed by atoms with Crippen molar-refractivity contribution >= 4 is 21.4 Å². The maximum Gasteiger partial charge on any atom is 0.213 e. The third-order valence-electron chi connectivity index (χ3n) is 2.26. The molecule has 0 saturated heterocycles. The highest BCUT2D eigenvalue weighted by Gasteiger charge is 2.07. The third kappa shape index (κ3) is 4.12. The summed E-state index contributed by atoms with van der Waals surface area (Å²) in [4.78, 5) is 0. The lowest BCUT2D eigenvalue weighted by molar-refractivity contribution is 0.415. The molecule has 6 nitrogen and oxygen atoms in total. The number of sulfonamides is 1. The van der Waals surface area contributed by atoms with Crippen molar-refractivity contribution < 1.29 is 13.2 Å². The molecule has 0 fully saturated rings. The van der Waals surface area contributed by atoms with Gasteiger partial charge in [-0.3, -0.25) is 0 Å². The van der Waals surface area contributed by atoms with E-state index < -0.39 is 10.0 Å². The van der Waals surface area contributed by atoms with Crippen LogP contribution in [0.3, 0.4) is 0 Å². The van der Waals surface area contributed by atoms with Gasteiger partial charge in [-0.15, -0.1) is 0 Å². The summed E-state index contributed by atoms with van der Waals surface area (Å²) in [7, 11) is -0.250. The van der Waals surface area contributed by atoms with Crippen LogP contribution in [0.5, 0.6) is 5.75 Å². The van der Waals surface area contributed by atoms with E-state index in [0.717, 1.165) is 0 Å². The third-order valence-corrected chi connectivity index (χ3v) is 3.62. The molecule has 0 aliphatic carbocycles. The van der Waals surface area contributed by atoms with Crippen molar-refractivity contribution in [3.8, 4) is 5.75 Å². The first-order valence-electron chi connectivity index (χ1n) is 5.07. The molecule has 0 heterocycles. The molecular formula is C10H17N3O3S. The van der Waals surface area contributed by atoms with E-state index >= 15 is 0 Å². The zero-order valence-corrected chi connectivity index (χ0v) is 10.7. The summed E-state index contributed by atoms with van der Waals surface area (Å²) in [5.74, 6) is 0.658. The van der Waals surface area contributed by atoms with Crippen LogP contribution in [-0.4, -0.2) is 34.9 Å². The Bertz CT molecular complexity index is 474. The first-order valence-corrected chi connectivity index (χ1v) is 6.72. The summed E-state index contributed by atoms with van der Waals surface area (Å²) in [6, 6.07) is 5.18. The average Bonchev–Trinajstić information content (AvgIpc) is 2.31. The van der Waals surface area contributed by atoms with E-state index in [1.54, 1.807) is 25.3 Å². The van der Waals surface area contributed by atoms with Crippen LogP contribution < -0.4 is 20.5 Å². The van der Waals surface area contributed by atoms with Crippen LogP contribution in [0, 0.1) is 0 Å². The van der Waals surface area contributed by atoms with Crippen molar-refractivity contribution in [2.45, 2.75) is 0 Å². The van der Waals surface area contributed by atoms with Gasteiger partial charge < -0.3 is 15.8 Å². The van der Waals surface area contributed by atoms with Crippen LogP contribution in [0.15, 0.2) is 18.2 Å². The van der Waals surface area contributed by atoms with E-state index in [0.29, 0.717) is 23.7 Å². The smallest absolute Gasteiger partial charge is 0.213 e. The van der Waals surface area contributed by atoms with Gasteiger partial charge in [-0.2, -0.15) is 0 Å². The summed E-state index contributed by atoms with van der Waals surface area (Å²) in [6.45, 7) is 0.291. The molecule has 4 N–H and O–H groups in total. The summed E-state index contributed by atoms with van der Waals surface area (Å²) in [6.07, 6.45) is 0. The Morgan fingerprint density at radius 2 is 2.12 bits per heavy atom. The molecule has 7 heteroatoms. The first kappa shape index (κ1) is 13.6. The van der Waals surface area contributed by atoms with Gasteiger partial charge in [0.25, 0.3) is 0 Å². The minimum Gasteiger partial charge on any atom is -0.497 e. The Morgan fingerprint density at radius 3 is 2.65 bits per heavy atom. The van der Waals surface area contributed by atoms with Crippen LogP contribution in [-0.2, 0) is 10.0 Å². The highest BCUT2D eigenvalue weighted by atomic mass is 32.2. The number of methoxy groups -OCH3 is 1. The normalized spacial score (nSPS) is 11.2. The number of benzene rings is 1. The molecule has 0 spiro atoms. The molecule has 1 aromatic carbocycles. The number of hydrogen-bond donors (Lipinski definition) is 3. The molecule has 17 heavy (non-hydrogen) atoms. The second kappa shape index (κ2) is 5.74. The average molecular weight is 259 g/mol. The van der Waals surface area contributed by atoms with Crippen LogP contribution >= 0.6 is 0 Å². The summed E-state index contributed by atoms with van der Waals surface area (Å²) in [5.41, 5.74) is 6.98. The number of nitrogens with one attached hydrogen (secondary N) is 2. The lowest BCUT2D eigenvalue weighted by Crippen LogP contribution is -2.26. The number of hydrogen-bond acceptors (Lipinski definition) is 5. The fourth-order valence-electron chi connectivity index (χ4n) is 1.25. The van der Waals surface area contributed by atoms with Gasteiger partial charge in [0, 0.05) is 12.6 Å². The number of ether oxygens (including phenoxy) is 1. The van der Waals surface area contributed by atoms with Gasteiger partial charge >= 0.3 is 0 Å². The van der Waals surface area contributed by atoms with E-state index in [2.05, 4.69) is 10.0 Å². The van der Waals surface area contributed by atoms with Crippen molar-refractivity contribution in [1.29, 1.82) is 0 Å². The highest BCUT2D eigenvalue weighted by Crippen LogP contribution is 2.23. The lowest BCUT2D eigenvalue weighted by Gasteiger charge is -2.10. The SMILES string of the molecule is CNS(=O)(=O)CCNc1ccc(OC)cc1N. The molecule has 0 aromatic heterocycles. The number of nitrogen functional groups attached to an aromatic ring is 1. The van der Waals surface area contributed by atoms with Crippen molar-refractivity contribution in [2.75, 3.05) is 37.5 Å². The zero-order chi connectivity index (χ0) is 12.9. The van der Waals surface area contributed by atoms with Crippen molar-refractivity contribution in [3.05, 3.63) is 18.2 Å². The van der Waals surface area contributed by atoms with Gasteiger partial charge in [0.1, 0.15) is 5.75 Å². The lowest BCUT2D eigenvalue weighted by atomic mass is 10.2. The molecule has 0 amide bonds. The molecule has 0 unspecified atom stereocenters. The van der Waals surface area contributed by atoms with E-state index in [-0.39, 0.29) is 5.75 Å². The van der Waals surface area contributed by atoms with Gasteiger partial charge in [-0.25, -0.2) is 13.1 Å². The second-order valence-corrected chi connectivity index (χ2v) is 5.45. The van der Waals surface area contributed by atoms with E-state index in [4.69, 9.17) is 10.5 Å². The van der Waals surface area contributed by atoms with Gasteiger partial charge in [0.2, 0.25) is 10.0 Å². The van der Waals surface area contributed by atoms with Crippen molar-refractivity contribution in [3.63, 3.8) is 0 Å². The molecule has 0 atom stereocenters. The van der Waals surface area contributed by atoms with Gasteiger partial charge in [-0.05, 0) is 19.2 Å². The highest BCUT2D eigenvalue weighted by molar-refractivity contribution is 7.89. The summed E-state index contributed by atoms with van der Waals surface area (Å²) < 4.78 is 29.6. The Morgan fingerprint density at radius 1 is 1.41 bits per heavy atom. The number of nitrogens with two attached hydrogens (primary N) is 1. The molecule has 0 radical (unpaired) electrons. The fraction of sp³-hybridized carbons (Fsp3) is 0.400. The molecule has 96 valence electrons. The van der Waals surface area contributed by atoms with E-state index in [9.17, 15) is 8.42 Å². The Balaban J connectivity index is 2.58. The molecule has 0 bridgehead atoms. The quantitative estimate of drug-likeness (QED) is 0.636. The topological polar surface area (TPSA) is 93.5 Å². The predicted molar refractivity (Wildman–Crippen MR) is 68.7 cm³/mol. The minimum absolute atomic E-state index is 0.00499. The molecule has 0 aliphatic heterocycles. The Kier molecular flexibility index (Phi) is 4.59. The van der Waals surface area contributed by atoms with Crippen LogP contribution in [0.25, 0.3) is 0 Å². The largest absolute Gasteiger partial charge is 0.497 e. The zero-order valence-electron chi connectivity index (χ0n) is 9.86. The van der Waals surface area contributed by atoms with Gasteiger partial charge in [0.05, 0.1) is 24.2 Å². The van der Waals surface area contributed by atoms with Crippen molar-refractivity contribution in [2.24, 2.45) is 0 Å². The monoisotopic (exact) mass is 259 g/mol. The maximum atomic E-state index is 11.2.